The molecule has 0 aliphatic heterocycles. The molecule has 6 aromatic carbocycles. The summed E-state index contributed by atoms with van der Waals surface area (Å²) in [6.07, 6.45) is 21.7. The van der Waals surface area contributed by atoms with Crippen LogP contribution < -0.4 is 0 Å². The van der Waals surface area contributed by atoms with Gasteiger partial charge in [0.05, 0.1) is 17.1 Å². The minimum absolute atomic E-state index is 0.993. The Morgan fingerprint density at radius 2 is 0.667 bits per heavy atom. The Morgan fingerprint density at radius 1 is 0.225 bits per heavy atom. The van der Waals surface area contributed by atoms with Crippen molar-refractivity contribution >= 4 is 0 Å². The van der Waals surface area contributed by atoms with Crippen LogP contribution >= 0.6 is 0 Å². The molecule has 6 aliphatic rings. The summed E-state index contributed by atoms with van der Waals surface area (Å²) >= 11 is 0. The molecule has 528 valence electrons. The predicted octanol–water partition coefficient (Wildman–Crippen LogP) is 25.8. The SMILES string of the molecule is CC.CC.CC.CC.CC.CC.Cc1ccc2c(c1C)Cc1cccnc1-2.Cc1ccc2c(c1C)Cc1ccncc1-2.Cc1ccc2c(c1C)Cc1cnccc1-2.Cc1ccc2c(c1C)Cc1ncccc1-2.Cc1cnc2c(c1C)-c1ccccc1C2.Cc1ncc2c(c1C)-c1ccccc1C2. The fraction of sp³-hybridized carbons (Fsp3) is 0.312. The van der Waals surface area contributed by atoms with Crippen LogP contribution in [-0.4, -0.2) is 29.9 Å². The summed E-state index contributed by atoms with van der Waals surface area (Å²) in [5, 5.41) is 0. The van der Waals surface area contributed by atoms with Gasteiger partial charge in [-0.3, -0.25) is 29.9 Å². The van der Waals surface area contributed by atoms with Gasteiger partial charge in [-0.15, -0.1) is 0 Å². The van der Waals surface area contributed by atoms with E-state index >= 15 is 0 Å². The molecule has 0 radical (unpaired) electrons. The van der Waals surface area contributed by atoms with Crippen molar-refractivity contribution in [1.29, 1.82) is 0 Å². The lowest BCUT2D eigenvalue weighted by molar-refractivity contribution is 1.09. The van der Waals surface area contributed by atoms with Gasteiger partial charge in [0.15, 0.2) is 0 Å². The van der Waals surface area contributed by atoms with Crippen molar-refractivity contribution in [2.75, 3.05) is 0 Å². The van der Waals surface area contributed by atoms with E-state index in [-0.39, 0.29) is 0 Å². The lowest BCUT2D eigenvalue weighted by Gasteiger charge is -2.07. The summed E-state index contributed by atoms with van der Waals surface area (Å²) in [5.41, 5.74) is 49.3. The molecule has 6 aromatic heterocycles. The molecule has 6 heterocycles. The second-order valence-corrected chi connectivity index (χ2v) is 25.3. The average molecular weight is 1350 g/mol. The fourth-order valence-corrected chi connectivity index (χ4v) is 14.2. The predicted molar refractivity (Wildman–Crippen MR) is 440 cm³/mol. The van der Waals surface area contributed by atoms with Crippen LogP contribution in [0.3, 0.4) is 0 Å². The molecule has 6 heteroatoms. The third kappa shape index (κ3) is 16.9. The monoisotopic (exact) mass is 1350 g/mol. The maximum atomic E-state index is 4.53. The van der Waals surface area contributed by atoms with Crippen molar-refractivity contribution < 1.29 is 0 Å². The van der Waals surface area contributed by atoms with Crippen LogP contribution in [0.25, 0.3) is 66.9 Å². The average Bonchev–Trinajstić information content (AvgIpc) is 1.67. The molecule has 0 bridgehead atoms. The molecule has 0 spiro atoms. The number of hydrogen-bond acceptors (Lipinski definition) is 6. The molecule has 0 amide bonds. The zero-order chi connectivity index (χ0) is 74.5. The molecule has 0 saturated heterocycles. The highest BCUT2D eigenvalue weighted by atomic mass is 14.7. The number of aromatic nitrogens is 6. The second kappa shape index (κ2) is 37.8. The summed E-state index contributed by atoms with van der Waals surface area (Å²) in [5.74, 6) is 0. The van der Waals surface area contributed by atoms with Crippen LogP contribution in [0.5, 0.6) is 0 Å². The second-order valence-electron chi connectivity index (χ2n) is 25.3. The Morgan fingerprint density at radius 3 is 1.27 bits per heavy atom. The van der Waals surface area contributed by atoms with Gasteiger partial charge < -0.3 is 0 Å². The summed E-state index contributed by atoms with van der Waals surface area (Å²) in [6.45, 7) is 50.1. The van der Waals surface area contributed by atoms with Gasteiger partial charge in [0.2, 0.25) is 0 Å². The van der Waals surface area contributed by atoms with E-state index in [2.05, 4.69) is 234 Å². The van der Waals surface area contributed by atoms with Crippen LogP contribution in [0, 0.1) is 83.1 Å². The van der Waals surface area contributed by atoms with Crippen molar-refractivity contribution in [1.82, 2.24) is 29.9 Å². The summed E-state index contributed by atoms with van der Waals surface area (Å²) in [6, 6.07) is 47.6. The van der Waals surface area contributed by atoms with Gasteiger partial charge in [0.1, 0.15) is 0 Å². The number of hydrogen-bond donors (Lipinski definition) is 0. The van der Waals surface area contributed by atoms with E-state index in [1.807, 2.05) is 145 Å². The maximum Gasteiger partial charge on any atom is 0.0740 e. The molecule has 0 fully saturated rings. The molecule has 0 unspecified atom stereocenters. The van der Waals surface area contributed by atoms with Crippen molar-refractivity contribution in [2.45, 2.75) is 205 Å². The topological polar surface area (TPSA) is 77.3 Å². The fourth-order valence-electron chi connectivity index (χ4n) is 14.2. The minimum atomic E-state index is 0.993. The molecule has 0 saturated carbocycles. The van der Waals surface area contributed by atoms with E-state index in [9.17, 15) is 0 Å². The maximum absolute atomic E-state index is 4.53. The number of pyridine rings is 6. The number of fused-ring (bicyclic) bond motifs is 18. The van der Waals surface area contributed by atoms with Gasteiger partial charge >= 0.3 is 0 Å². The standard InChI is InChI=1S/6C14H13N.6C2H6/c1-9-3-4-13-12-5-6-15-8-11(12)7-14(13)10(9)2;1-9-3-4-12-13(10(9)2)7-11-5-6-15-8-14(11)12;1-9-5-6-11-12-4-3-7-15-14(12)8-13(11)10(9)2;1-9-5-6-12-13(10(9)2)8-11-4-3-7-15-14(11)12;1-9-10(2)15-8-12-7-11-5-3-4-6-13(11)14(9)12;1-9-8-15-13-7-11-5-3-4-6-12(11)14(13)10(9)2;6*1-2/h2*3-6,8H,7H2,1-2H3;2*3-7H,8H2,1-2H3;2*3-6,8H,7H2,1-2H3;6*1-2H3. The van der Waals surface area contributed by atoms with Crippen molar-refractivity contribution in [3.05, 3.63) is 317 Å². The van der Waals surface area contributed by atoms with Gasteiger partial charge in [-0.2, -0.15) is 0 Å². The van der Waals surface area contributed by atoms with Crippen molar-refractivity contribution in [2.24, 2.45) is 0 Å². The van der Waals surface area contributed by atoms with Crippen LogP contribution in [-0.2, 0) is 38.5 Å². The Hall–Kier alpha value is -9.78. The first-order valence-corrected chi connectivity index (χ1v) is 37.8. The molecule has 18 rings (SSSR count). The minimum Gasteiger partial charge on any atom is -0.264 e. The Bertz CT molecular complexity index is 4310. The van der Waals surface area contributed by atoms with Gasteiger partial charge in [0.25, 0.3) is 0 Å². The molecule has 0 N–H and O–H groups in total. The Kier molecular flexibility index (Phi) is 29.4. The van der Waals surface area contributed by atoms with Crippen LogP contribution in [0.15, 0.2) is 183 Å². The summed E-state index contributed by atoms with van der Waals surface area (Å²) in [4.78, 5) is 26.3. The highest BCUT2D eigenvalue weighted by molar-refractivity contribution is 5.82. The first-order chi connectivity index (χ1) is 49.6. The van der Waals surface area contributed by atoms with Crippen LogP contribution in [0.2, 0.25) is 0 Å². The zero-order valence-corrected chi connectivity index (χ0v) is 66.2. The first-order valence-electron chi connectivity index (χ1n) is 37.8. The zero-order valence-electron chi connectivity index (χ0n) is 66.2. The lowest BCUT2D eigenvalue weighted by Crippen LogP contribution is -1.92. The molecule has 0 atom stereocenters. The van der Waals surface area contributed by atoms with Gasteiger partial charge in [0, 0.05) is 110 Å². The molecular weight excluding hydrogens is 1240 g/mol. The highest BCUT2D eigenvalue weighted by Crippen LogP contribution is 2.44. The first kappa shape index (κ1) is 79.5. The quantitative estimate of drug-likeness (QED) is 0.151. The molecule has 6 nitrogen and oxygen atoms in total. The van der Waals surface area contributed by atoms with E-state index in [1.165, 1.54) is 195 Å². The van der Waals surface area contributed by atoms with E-state index in [4.69, 9.17) is 0 Å². The smallest absolute Gasteiger partial charge is 0.0740 e. The Labute approximate surface area is 614 Å². The van der Waals surface area contributed by atoms with Gasteiger partial charge in [-0.1, -0.05) is 192 Å². The van der Waals surface area contributed by atoms with E-state index < -0.39 is 0 Å². The molecular formula is C96H114N6. The summed E-state index contributed by atoms with van der Waals surface area (Å²) < 4.78 is 0. The number of rotatable bonds is 0. The highest BCUT2D eigenvalue weighted by Gasteiger charge is 2.26. The van der Waals surface area contributed by atoms with Gasteiger partial charge in [-0.05, 0) is 270 Å². The van der Waals surface area contributed by atoms with E-state index in [0.717, 1.165) is 44.2 Å². The molecule has 6 aliphatic carbocycles. The summed E-state index contributed by atoms with van der Waals surface area (Å²) in [7, 11) is 0. The van der Waals surface area contributed by atoms with Crippen molar-refractivity contribution in [3.63, 3.8) is 0 Å². The number of benzene rings is 6. The van der Waals surface area contributed by atoms with Crippen molar-refractivity contribution in [3.8, 4) is 66.9 Å². The third-order valence-corrected chi connectivity index (χ3v) is 20.3. The van der Waals surface area contributed by atoms with E-state index in [0.29, 0.717) is 0 Å². The number of nitrogens with zero attached hydrogens (tertiary/aromatic N) is 6. The molecule has 12 aromatic rings. The van der Waals surface area contributed by atoms with Crippen LogP contribution in [0.4, 0.5) is 0 Å². The largest absolute Gasteiger partial charge is 0.264 e. The number of aryl methyl sites for hydroxylation is 6. The third-order valence-electron chi connectivity index (χ3n) is 20.3. The Balaban J connectivity index is 0.000000166. The van der Waals surface area contributed by atoms with Crippen LogP contribution in [0.1, 0.15) is 217 Å². The van der Waals surface area contributed by atoms with E-state index in [1.54, 1.807) is 0 Å². The normalized spacial score (nSPS) is 11.3. The molecule has 102 heavy (non-hydrogen) atoms. The lowest BCUT2D eigenvalue weighted by atomic mass is 9.98. The van der Waals surface area contributed by atoms with Gasteiger partial charge in [-0.25, -0.2) is 0 Å².